The summed E-state index contributed by atoms with van der Waals surface area (Å²) in [6, 6.07) is 11.7. The van der Waals surface area contributed by atoms with Gasteiger partial charge in [-0.05, 0) is 36.4 Å². The Morgan fingerprint density at radius 2 is 1.83 bits per heavy atom. The Morgan fingerprint density at radius 1 is 1.07 bits per heavy atom. The Bertz CT molecular complexity index is 1270. The fourth-order valence-electron chi connectivity index (χ4n) is 2.75. The fraction of sp³-hybridized carbons (Fsp3) is 0. The maximum Gasteiger partial charge on any atom is 0.373 e. The highest BCUT2D eigenvalue weighted by Crippen LogP contribution is 2.39. The van der Waals surface area contributed by atoms with E-state index in [0.29, 0.717) is 27.0 Å². The van der Waals surface area contributed by atoms with Gasteiger partial charge in [-0.2, -0.15) is 4.98 Å². The van der Waals surface area contributed by atoms with E-state index in [2.05, 4.69) is 36.2 Å². The molecular formula is C19H10BrCl2N5O3. The summed E-state index contributed by atoms with van der Waals surface area (Å²) in [4.78, 5) is 23.4. The van der Waals surface area contributed by atoms with Gasteiger partial charge in [0.25, 0.3) is 0 Å². The van der Waals surface area contributed by atoms with Crippen molar-refractivity contribution < 1.29 is 9.66 Å². The SMILES string of the molecule is O=[N+]([O-])c1c(Nc2cc(Cl)cc(Cl)c2)ncnc1Oc1ccc(Br)c2cccnc12. The number of aromatic nitrogens is 3. The number of benzene rings is 2. The van der Waals surface area contributed by atoms with Gasteiger partial charge in [-0.15, -0.1) is 0 Å². The van der Waals surface area contributed by atoms with Crippen LogP contribution in [0.1, 0.15) is 0 Å². The second kappa shape index (κ2) is 8.39. The molecule has 0 saturated carbocycles. The van der Waals surface area contributed by atoms with Gasteiger partial charge < -0.3 is 10.1 Å². The molecule has 0 bridgehead atoms. The highest BCUT2D eigenvalue weighted by atomic mass is 79.9. The highest BCUT2D eigenvalue weighted by molar-refractivity contribution is 9.10. The molecule has 11 heteroatoms. The number of nitrogens with one attached hydrogen (secondary N) is 1. The molecular weight excluding hydrogens is 497 g/mol. The average Bonchev–Trinajstić information content (AvgIpc) is 2.69. The molecule has 4 aromatic rings. The molecule has 0 aliphatic heterocycles. The molecule has 8 nitrogen and oxygen atoms in total. The third kappa shape index (κ3) is 4.13. The number of nitro groups is 1. The van der Waals surface area contributed by atoms with Crippen LogP contribution in [0.25, 0.3) is 10.9 Å². The summed E-state index contributed by atoms with van der Waals surface area (Å²) in [5, 5.41) is 16.2. The van der Waals surface area contributed by atoms with Gasteiger partial charge >= 0.3 is 11.6 Å². The summed E-state index contributed by atoms with van der Waals surface area (Å²) < 4.78 is 6.61. The maximum absolute atomic E-state index is 11.8. The summed E-state index contributed by atoms with van der Waals surface area (Å²) in [5.41, 5.74) is 0.507. The van der Waals surface area contributed by atoms with E-state index >= 15 is 0 Å². The van der Waals surface area contributed by atoms with Gasteiger partial charge in [0.1, 0.15) is 11.8 Å². The van der Waals surface area contributed by atoms with Gasteiger partial charge in [0.2, 0.25) is 5.82 Å². The van der Waals surface area contributed by atoms with Crippen molar-refractivity contribution >= 4 is 67.2 Å². The Hall–Kier alpha value is -3.01. The number of anilines is 2. The zero-order valence-corrected chi connectivity index (χ0v) is 17.9. The second-order valence-corrected chi connectivity index (χ2v) is 7.69. The first-order valence-electron chi connectivity index (χ1n) is 8.36. The number of rotatable bonds is 5. The molecule has 30 heavy (non-hydrogen) atoms. The number of pyridine rings is 1. The minimum Gasteiger partial charge on any atom is -0.431 e. The van der Waals surface area contributed by atoms with E-state index in [9.17, 15) is 10.1 Å². The first-order chi connectivity index (χ1) is 14.4. The zero-order valence-electron chi connectivity index (χ0n) is 14.8. The van der Waals surface area contributed by atoms with Crippen LogP contribution < -0.4 is 10.1 Å². The third-order valence-corrected chi connectivity index (χ3v) is 5.11. The maximum atomic E-state index is 11.8. The lowest BCUT2D eigenvalue weighted by Gasteiger charge is -2.11. The van der Waals surface area contributed by atoms with Crippen molar-refractivity contribution in [1.82, 2.24) is 15.0 Å². The number of halogens is 3. The molecule has 0 fully saturated rings. The van der Waals surface area contributed by atoms with Crippen molar-refractivity contribution in [3.05, 3.63) is 79.6 Å². The Labute approximate surface area is 188 Å². The van der Waals surface area contributed by atoms with Crippen LogP contribution in [0.3, 0.4) is 0 Å². The van der Waals surface area contributed by atoms with Crippen molar-refractivity contribution in [1.29, 1.82) is 0 Å². The first-order valence-corrected chi connectivity index (χ1v) is 9.91. The van der Waals surface area contributed by atoms with E-state index < -0.39 is 10.6 Å². The molecule has 0 aliphatic rings. The normalized spacial score (nSPS) is 10.8. The zero-order chi connectivity index (χ0) is 21.3. The number of nitrogens with zero attached hydrogens (tertiary/aromatic N) is 4. The van der Waals surface area contributed by atoms with Crippen molar-refractivity contribution in [2.75, 3.05) is 5.32 Å². The summed E-state index contributed by atoms with van der Waals surface area (Å²) >= 11 is 15.5. The van der Waals surface area contributed by atoms with E-state index in [4.69, 9.17) is 27.9 Å². The smallest absolute Gasteiger partial charge is 0.373 e. The molecule has 2 heterocycles. The van der Waals surface area contributed by atoms with Gasteiger partial charge in [-0.1, -0.05) is 45.2 Å². The number of hydrogen-bond donors (Lipinski definition) is 1. The lowest BCUT2D eigenvalue weighted by Crippen LogP contribution is -2.04. The van der Waals surface area contributed by atoms with E-state index in [-0.39, 0.29) is 11.7 Å². The standard InChI is InChI=1S/C19H10BrCl2N5O3/c20-14-3-4-15(16-13(14)2-1-5-23-16)30-19-17(27(28)29)18(24-9-25-19)26-12-7-10(21)6-11(22)8-12/h1-9H,(H,24,25,26). The van der Waals surface area contributed by atoms with Crippen LogP contribution in [-0.4, -0.2) is 19.9 Å². The van der Waals surface area contributed by atoms with Crippen molar-refractivity contribution in [2.24, 2.45) is 0 Å². The van der Waals surface area contributed by atoms with Crippen molar-refractivity contribution in [3.8, 4) is 11.6 Å². The van der Waals surface area contributed by atoms with E-state index in [1.54, 1.807) is 42.6 Å². The van der Waals surface area contributed by atoms with Crippen LogP contribution in [0.5, 0.6) is 11.6 Å². The van der Waals surface area contributed by atoms with Gasteiger partial charge in [-0.3, -0.25) is 15.1 Å². The lowest BCUT2D eigenvalue weighted by molar-refractivity contribution is -0.385. The quantitative estimate of drug-likeness (QED) is 0.242. The fourth-order valence-corrected chi connectivity index (χ4v) is 3.73. The lowest BCUT2D eigenvalue weighted by atomic mass is 10.2. The number of fused-ring (bicyclic) bond motifs is 1. The van der Waals surface area contributed by atoms with Gasteiger partial charge in [0.15, 0.2) is 5.75 Å². The van der Waals surface area contributed by atoms with E-state index in [1.807, 2.05) is 6.07 Å². The average molecular weight is 507 g/mol. The van der Waals surface area contributed by atoms with Crippen molar-refractivity contribution in [2.45, 2.75) is 0 Å². The predicted molar refractivity (Wildman–Crippen MR) is 118 cm³/mol. The van der Waals surface area contributed by atoms with Crippen LogP contribution >= 0.6 is 39.1 Å². The molecule has 4 rings (SSSR count). The van der Waals surface area contributed by atoms with Crippen molar-refractivity contribution in [3.63, 3.8) is 0 Å². The molecule has 1 N–H and O–H groups in total. The Kier molecular flexibility index (Phi) is 5.67. The third-order valence-electron chi connectivity index (χ3n) is 3.98. The Morgan fingerprint density at radius 3 is 2.57 bits per heavy atom. The first kappa shape index (κ1) is 20.3. The van der Waals surface area contributed by atoms with Gasteiger partial charge in [0, 0.05) is 31.8 Å². The van der Waals surface area contributed by atoms with Gasteiger partial charge in [-0.25, -0.2) is 4.98 Å². The number of hydrogen-bond acceptors (Lipinski definition) is 7. The molecule has 2 aromatic carbocycles. The minimum absolute atomic E-state index is 0.0716. The van der Waals surface area contributed by atoms with Crippen LogP contribution in [-0.2, 0) is 0 Å². The molecule has 0 unspecified atom stereocenters. The molecule has 0 spiro atoms. The summed E-state index contributed by atoms with van der Waals surface area (Å²) in [7, 11) is 0. The largest absolute Gasteiger partial charge is 0.431 e. The topological polar surface area (TPSA) is 103 Å². The molecule has 0 atom stereocenters. The van der Waals surface area contributed by atoms with Crippen LogP contribution in [0.4, 0.5) is 17.2 Å². The molecule has 2 aromatic heterocycles. The molecule has 0 saturated heterocycles. The van der Waals surface area contributed by atoms with Crippen LogP contribution in [0.2, 0.25) is 10.0 Å². The highest BCUT2D eigenvalue weighted by Gasteiger charge is 2.26. The second-order valence-electron chi connectivity index (χ2n) is 5.96. The summed E-state index contributed by atoms with van der Waals surface area (Å²) in [6.07, 6.45) is 2.76. The summed E-state index contributed by atoms with van der Waals surface area (Å²) in [5.74, 6) is 0.00459. The predicted octanol–water partition coefficient (Wildman–Crippen LogP) is 6.54. The van der Waals surface area contributed by atoms with Gasteiger partial charge in [0.05, 0.1) is 4.92 Å². The van der Waals surface area contributed by atoms with Crippen LogP contribution in [0.15, 0.2) is 59.5 Å². The molecule has 0 radical (unpaired) electrons. The molecule has 0 aliphatic carbocycles. The van der Waals surface area contributed by atoms with E-state index in [1.165, 1.54) is 0 Å². The van der Waals surface area contributed by atoms with Crippen LogP contribution in [0, 0.1) is 10.1 Å². The van der Waals surface area contributed by atoms with E-state index in [0.717, 1.165) is 16.2 Å². The number of ether oxygens (including phenoxy) is 1. The monoisotopic (exact) mass is 505 g/mol. The Balaban J connectivity index is 1.77. The molecule has 150 valence electrons. The summed E-state index contributed by atoms with van der Waals surface area (Å²) in [6.45, 7) is 0. The minimum atomic E-state index is -0.627. The molecule has 0 amide bonds.